The fourth-order valence-corrected chi connectivity index (χ4v) is 5.15. The Morgan fingerprint density at radius 1 is 0.575 bits per heavy atom. The third kappa shape index (κ3) is 12.4. The van der Waals surface area contributed by atoms with Crippen molar-refractivity contribution in [1.29, 1.82) is 0 Å². The zero-order valence-electron chi connectivity index (χ0n) is 22.5. The summed E-state index contributed by atoms with van der Waals surface area (Å²) >= 11 is 0. The smallest absolute Gasteiger partial charge is 0.310 e. The number of hydrogen-bond donors (Lipinski definition) is 7. The lowest BCUT2D eigenvalue weighted by Gasteiger charge is -2.38. The lowest BCUT2D eigenvalue weighted by molar-refractivity contribution is -0.170. The summed E-state index contributed by atoms with van der Waals surface area (Å²) in [6.45, 7) is 1.94. The minimum Gasteiger partial charge on any atom is -0.481 e. The van der Waals surface area contributed by atoms with Crippen LogP contribution in [0.2, 0.25) is 0 Å². The molecule has 40 heavy (non-hydrogen) atoms. The van der Waals surface area contributed by atoms with Crippen molar-refractivity contribution in [2.24, 2.45) is 22.7 Å². The van der Waals surface area contributed by atoms with E-state index in [0.29, 0.717) is 32.1 Å². The Kier molecular flexibility index (Phi) is 15.5. The third-order valence-electron chi connectivity index (χ3n) is 7.18. The van der Waals surface area contributed by atoms with Crippen molar-refractivity contribution in [3.63, 3.8) is 0 Å². The van der Waals surface area contributed by atoms with Crippen LogP contribution in [-0.4, -0.2) is 77.5 Å². The van der Waals surface area contributed by atoms with E-state index >= 15 is 0 Å². The second-order valence-corrected chi connectivity index (χ2v) is 10.5. The summed E-state index contributed by atoms with van der Waals surface area (Å²) in [6.07, 6.45) is -1.91. The van der Waals surface area contributed by atoms with Crippen LogP contribution in [0.25, 0.3) is 0 Å². The first-order valence-electron chi connectivity index (χ1n) is 13.1. The Morgan fingerprint density at radius 3 is 1.48 bits per heavy atom. The normalized spacial score (nSPS) is 15.6. The number of rotatable bonds is 24. The van der Waals surface area contributed by atoms with E-state index in [9.17, 15) is 64.2 Å². The fraction of sp³-hybridized carbons (Fsp3) is 0.731. The Labute approximate surface area is 231 Å². The number of unbranched alkanes of at least 4 members (excludes halogenated alkanes) is 4. The van der Waals surface area contributed by atoms with Gasteiger partial charge in [-0.1, -0.05) is 45.4 Å². The molecular formula is C26H40O14. The molecule has 0 aromatic carbocycles. The van der Waals surface area contributed by atoms with Crippen LogP contribution >= 0.6 is 0 Å². The van der Waals surface area contributed by atoms with Gasteiger partial charge in [0.15, 0.2) is 0 Å². The number of carboxylic acid groups (broad SMARTS) is 7. The Balaban J connectivity index is 6.02. The topological polar surface area (TPSA) is 261 Å². The van der Waals surface area contributed by atoms with E-state index in [1.165, 1.54) is 0 Å². The molecule has 0 aliphatic heterocycles. The molecule has 0 saturated carbocycles. The predicted octanol–water partition coefficient (Wildman–Crippen LogP) is 3.27. The highest BCUT2D eigenvalue weighted by Gasteiger charge is 2.53. The molecule has 0 aliphatic rings. The average Bonchev–Trinajstić information content (AvgIpc) is 2.80. The van der Waals surface area contributed by atoms with Gasteiger partial charge in [-0.15, -0.1) is 0 Å². The molecule has 0 fully saturated rings. The van der Waals surface area contributed by atoms with E-state index in [1.807, 2.05) is 6.92 Å². The first-order valence-corrected chi connectivity index (χ1v) is 13.1. The van der Waals surface area contributed by atoms with Crippen LogP contribution < -0.4 is 0 Å². The quantitative estimate of drug-likeness (QED) is 0.0813. The molecule has 14 nitrogen and oxygen atoms in total. The molecule has 0 spiro atoms. The molecule has 228 valence electrons. The van der Waals surface area contributed by atoms with Crippen LogP contribution in [-0.2, 0) is 33.6 Å². The minimum atomic E-state index is -2.59. The molecule has 0 aliphatic carbocycles. The first kappa shape index (κ1) is 36.3. The number of carboxylic acids is 7. The summed E-state index contributed by atoms with van der Waals surface area (Å²) in [5, 5.41) is 66.8. The summed E-state index contributed by atoms with van der Waals surface area (Å²) in [5.74, 6) is -13.5. The molecule has 0 rings (SSSR count). The standard InChI is InChI=1S/C26H40O14/c1-2-3-8-16(21(33)34)9-6-4-5-7-10-25(23(37)38,13-19(29)30)15-26(24(39)40,14-20(31)32)12-17(22(35)36)11-18(27)28/h16-17H,2-15H2,1H3,(H,27,28)(H,29,30)(H,31,32)(H,33,34)(H,35,36)(H,37,38)(H,39,40). The van der Waals surface area contributed by atoms with E-state index in [1.54, 1.807) is 0 Å². The van der Waals surface area contributed by atoms with E-state index in [-0.39, 0.29) is 12.8 Å². The summed E-state index contributed by atoms with van der Waals surface area (Å²) < 4.78 is 0. The number of hydrogen-bond acceptors (Lipinski definition) is 7. The van der Waals surface area contributed by atoms with Gasteiger partial charge in [0.05, 0.1) is 41.9 Å². The highest BCUT2D eigenvalue weighted by Crippen LogP contribution is 2.47. The zero-order valence-corrected chi connectivity index (χ0v) is 22.5. The highest BCUT2D eigenvalue weighted by molar-refractivity contribution is 5.86. The SMILES string of the molecule is CCCCC(CCCCCCC(CC(=O)O)(CC(CC(=O)O)(CC(CC(=O)O)C(=O)O)C(=O)O)C(=O)O)C(=O)O. The Morgan fingerprint density at radius 2 is 1.05 bits per heavy atom. The lowest BCUT2D eigenvalue weighted by Crippen LogP contribution is -2.46. The van der Waals surface area contributed by atoms with Gasteiger partial charge < -0.3 is 35.7 Å². The van der Waals surface area contributed by atoms with Crippen molar-refractivity contribution in [2.75, 3.05) is 0 Å². The van der Waals surface area contributed by atoms with E-state index in [0.717, 1.165) is 12.8 Å². The third-order valence-corrected chi connectivity index (χ3v) is 7.18. The van der Waals surface area contributed by atoms with Crippen LogP contribution in [0, 0.1) is 22.7 Å². The number of carbonyl (C=O) groups is 7. The van der Waals surface area contributed by atoms with Crippen LogP contribution in [0.1, 0.15) is 96.8 Å². The van der Waals surface area contributed by atoms with E-state index in [2.05, 4.69) is 0 Å². The molecule has 0 aromatic heterocycles. The van der Waals surface area contributed by atoms with Crippen molar-refractivity contribution in [2.45, 2.75) is 96.8 Å². The summed E-state index contributed by atoms with van der Waals surface area (Å²) in [6, 6.07) is 0. The molecule has 0 bridgehead atoms. The average molecular weight is 577 g/mol. The second-order valence-electron chi connectivity index (χ2n) is 10.5. The molecule has 0 aromatic rings. The van der Waals surface area contributed by atoms with Crippen LogP contribution in [0.15, 0.2) is 0 Å². The molecule has 0 amide bonds. The van der Waals surface area contributed by atoms with Gasteiger partial charge in [0.2, 0.25) is 0 Å². The monoisotopic (exact) mass is 576 g/mol. The van der Waals surface area contributed by atoms with Crippen molar-refractivity contribution in [1.82, 2.24) is 0 Å². The number of aliphatic carboxylic acids is 7. The van der Waals surface area contributed by atoms with Gasteiger partial charge in [-0.3, -0.25) is 33.6 Å². The van der Waals surface area contributed by atoms with Gasteiger partial charge in [0.25, 0.3) is 0 Å². The molecule has 0 radical (unpaired) electrons. The second kappa shape index (κ2) is 17.1. The maximum Gasteiger partial charge on any atom is 0.310 e. The van der Waals surface area contributed by atoms with Crippen LogP contribution in [0.4, 0.5) is 0 Å². The largest absolute Gasteiger partial charge is 0.481 e. The van der Waals surface area contributed by atoms with Gasteiger partial charge in [-0.25, -0.2) is 0 Å². The Bertz CT molecular complexity index is 928. The summed E-state index contributed by atoms with van der Waals surface area (Å²) in [5.41, 5.74) is -4.89. The maximum atomic E-state index is 12.4. The van der Waals surface area contributed by atoms with Crippen molar-refractivity contribution in [3.8, 4) is 0 Å². The van der Waals surface area contributed by atoms with Crippen molar-refractivity contribution in [3.05, 3.63) is 0 Å². The Hall–Kier alpha value is -3.71. The van der Waals surface area contributed by atoms with Crippen LogP contribution in [0.5, 0.6) is 0 Å². The molecule has 14 heteroatoms. The maximum absolute atomic E-state index is 12.4. The van der Waals surface area contributed by atoms with Crippen molar-refractivity contribution < 1.29 is 69.3 Å². The summed E-state index contributed by atoms with van der Waals surface area (Å²) in [4.78, 5) is 82.4. The molecular weight excluding hydrogens is 536 g/mol. The van der Waals surface area contributed by atoms with E-state index in [4.69, 9.17) is 5.11 Å². The molecule has 0 heterocycles. The fourth-order valence-electron chi connectivity index (χ4n) is 5.15. The molecule has 4 atom stereocenters. The predicted molar refractivity (Wildman–Crippen MR) is 136 cm³/mol. The lowest BCUT2D eigenvalue weighted by atomic mass is 9.62. The van der Waals surface area contributed by atoms with Gasteiger partial charge >= 0.3 is 41.8 Å². The van der Waals surface area contributed by atoms with Gasteiger partial charge in [-0.2, -0.15) is 0 Å². The van der Waals surface area contributed by atoms with Crippen molar-refractivity contribution >= 4 is 41.8 Å². The first-order chi connectivity index (χ1) is 18.5. The van der Waals surface area contributed by atoms with Crippen LogP contribution in [0.3, 0.4) is 0 Å². The van der Waals surface area contributed by atoms with Gasteiger partial charge in [0, 0.05) is 0 Å². The molecule has 0 saturated heterocycles. The van der Waals surface area contributed by atoms with Gasteiger partial charge in [0.1, 0.15) is 0 Å². The molecule has 7 N–H and O–H groups in total. The van der Waals surface area contributed by atoms with Gasteiger partial charge in [-0.05, 0) is 32.1 Å². The van der Waals surface area contributed by atoms with E-state index < -0.39 is 96.6 Å². The highest BCUT2D eigenvalue weighted by atomic mass is 16.4. The minimum absolute atomic E-state index is 0.0898. The zero-order chi connectivity index (χ0) is 31.1. The molecule has 4 unspecified atom stereocenters. The summed E-state index contributed by atoms with van der Waals surface area (Å²) in [7, 11) is 0.